The number of hydrogen-bond acceptors (Lipinski definition) is 6. The second-order valence-corrected chi connectivity index (χ2v) is 8.62. The summed E-state index contributed by atoms with van der Waals surface area (Å²) in [7, 11) is 5.48. The van der Waals surface area contributed by atoms with Crippen molar-refractivity contribution in [1.82, 2.24) is 23.1 Å². The van der Waals surface area contributed by atoms with E-state index >= 15 is 0 Å². The van der Waals surface area contributed by atoms with E-state index in [2.05, 4.69) is 0 Å². The Labute approximate surface area is 206 Å². The molecule has 0 spiro atoms. The first-order valence-corrected chi connectivity index (χ1v) is 11.5. The Balaban J connectivity index is 1.83. The van der Waals surface area contributed by atoms with E-state index in [-0.39, 0.29) is 17.8 Å². The number of nitrogens with zero attached hydrogens (tertiary/aromatic N) is 6. The number of fused-ring (bicyclic) bond motifs is 3. The number of carbonyl (C=O) groups is 1. The molecule has 3 aromatic heterocycles. The van der Waals surface area contributed by atoms with Gasteiger partial charge in [0.2, 0.25) is 5.78 Å². The molecule has 0 saturated carbocycles. The minimum absolute atomic E-state index is 0.156. The minimum Gasteiger partial charge on any atom is -0.465 e. The molecule has 184 valence electrons. The second-order valence-electron chi connectivity index (χ2n) is 8.62. The van der Waals surface area contributed by atoms with Crippen LogP contribution in [0.15, 0.2) is 70.4 Å². The average molecular weight is 487 g/mol. The van der Waals surface area contributed by atoms with Crippen molar-refractivity contribution in [2.75, 3.05) is 25.6 Å². The number of anilines is 1. The summed E-state index contributed by atoms with van der Waals surface area (Å²) >= 11 is 0. The van der Waals surface area contributed by atoms with Crippen LogP contribution < -0.4 is 16.1 Å². The summed E-state index contributed by atoms with van der Waals surface area (Å²) in [6, 6.07) is 17.8. The highest BCUT2D eigenvalue weighted by Gasteiger charge is 2.23. The maximum atomic E-state index is 13.5. The molecule has 0 amide bonds. The zero-order chi connectivity index (χ0) is 25.6. The number of benzene rings is 2. The van der Waals surface area contributed by atoms with Gasteiger partial charge in [-0.2, -0.15) is 4.98 Å². The van der Waals surface area contributed by atoms with E-state index < -0.39 is 23.8 Å². The summed E-state index contributed by atoms with van der Waals surface area (Å²) in [5, 5.41) is 0. The number of carbonyl (C=O) groups excluding carboxylic acids is 1. The molecule has 0 aliphatic carbocycles. The molecule has 10 heteroatoms. The van der Waals surface area contributed by atoms with Crippen LogP contribution in [0.1, 0.15) is 6.92 Å². The van der Waals surface area contributed by atoms with Crippen LogP contribution >= 0.6 is 0 Å². The molecule has 10 nitrogen and oxygen atoms in total. The van der Waals surface area contributed by atoms with E-state index in [9.17, 15) is 14.4 Å². The van der Waals surface area contributed by atoms with Gasteiger partial charge in [-0.25, -0.2) is 9.36 Å². The lowest BCUT2D eigenvalue weighted by molar-refractivity contribution is -0.143. The molecule has 0 atom stereocenters. The largest absolute Gasteiger partial charge is 0.465 e. The molecule has 0 bridgehead atoms. The van der Waals surface area contributed by atoms with Gasteiger partial charge >= 0.3 is 11.7 Å². The van der Waals surface area contributed by atoms with Gasteiger partial charge in [-0.1, -0.05) is 30.3 Å². The van der Waals surface area contributed by atoms with E-state index in [0.29, 0.717) is 5.78 Å². The molecule has 0 aliphatic rings. The fourth-order valence-corrected chi connectivity index (χ4v) is 4.34. The third-order valence-electron chi connectivity index (χ3n) is 6.14. The molecule has 0 aliphatic heterocycles. The molecule has 0 radical (unpaired) electrons. The fourth-order valence-electron chi connectivity index (χ4n) is 4.34. The second kappa shape index (κ2) is 8.88. The smallest absolute Gasteiger partial charge is 0.333 e. The molecular weight excluding hydrogens is 460 g/mol. The van der Waals surface area contributed by atoms with Crippen molar-refractivity contribution in [3.63, 3.8) is 0 Å². The molecule has 5 rings (SSSR count). The van der Waals surface area contributed by atoms with E-state index in [0.717, 1.165) is 27.2 Å². The predicted molar refractivity (Wildman–Crippen MR) is 138 cm³/mol. The lowest BCUT2D eigenvalue weighted by Gasteiger charge is -2.14. The molecule has 2 aromatic carbocycles. The standard InChI is InChI=1S/C26H26N6O4/c1-5-36-21(33)16-31-24(34)22-23(29(4)26(31)35)27-25-30(22)15-20(17-9-7-6-8-10-17)32(25)19-13-11-18(12-14-19)28(2)3/h6-15H,5,16H2,1-4H3. The van der Waals surface area contributed by atoms with E-state index in [1.54, 1.807) is 11.3 Å². The number of ether oxygens (including phenoxy) is 1. The molecule has 0 fully saturated rings. The SMILES string of the molecule is CCOC(=O)Cn1c(=O)c2c(nc3n(-c4ccc(N(C)C)cc4)c(-c4ccccc4)cn23)n(C)c1=O. The van der Waals surface area contributed by atoms with E-state index in [1.807, 2.05) is 84.4 Å². The van der Waals surface area contributed by atoms with Gasteiger partial charge in [0, 0.05) is 44.3 Å². The minimum atomic E-state index is -0.652. The van der Waals surface area contributed by atoms with Crippen molar-refractivity contribution in [1.29, 1.82) is 0 Å². The highest BCUT2D eigenvalue weighted by Crippen LogP contribution is 2.29. The summed E-state index contributed by atoms with van der Waals surface area (Å²) in [5.41, 5.74) is 2.85. The number of aryl methyl sites for hydroxylation is 1. The molecule has 0 saturated heterocycles. The normalized spacial score (nSPS) is 11.3. The Hall–Kier alpha value is -4.60. The van der Waals surface area contributed by atoms with Gasteiger partial charge in [-0.15, -0.1) is 0 Å². The summed E-state index contributed by atoms with van der Waals surface area (Å²) in [4.78, 5) is 45.3. The first-order valence-electron chi connectivity index (χ1n) is 11.5. The Bertz CT molecular complexity index is 1710. The maximum Gasteiger partial charge on any atom is 0.333 e. The average Bonchev–Trinajstić information content (AvgIpc) is 3.42. The summed E-state index contributed by atoms with van der Waals surface area (Å²) in [5.74, 6) is -0.178. The topological polar surface area (TPSA) is 95.8 Å². The molecule has 0 unspecified atom stereocenters. The highest BCUT2D eigenvalue weighted by molar-refractivity contribution is 5.80. The third-order valence-corrected chi connectivity index (χ3v) is 6.14. The van der Waals surface area contributed by atoms with Crippen LogP contribution in [0.5, 0.6) is 0 Å². The van der Waals surface area contributed by atoms with Crippen molar-refractivity contribution in [2.45, 2.75) is 13.5 Å². The van der Waals surface area contributed by atoms with Crippen LogP contribution in [0.25, 0.3) is 33.9 Å². The van der Waals surface area contributed by atoms with Gasteiger partial charge < -0.3 is 9.64 Å². The summed E-state index contributed by atoms with van der Waals surface area (Å²) in [6.45, 7) is 1.35. The van der Waals surface area contributed by atoms with Gasteiger partial charge in [-0.3, -0.25) is 23.1 Å². The van der Waals surface area contributed by atoms with Gasteiger partial charge in [0.1, 0.15) is 6.54 Å². The summed E-state index contributed by atoms with van der Waals surface area (Å²) < 4.78 is 10.8. The van der Waals surface area contributed by atoms with Crippen molar-refractivity contribution in [2.24, 2.45) is 7.05 Å². The van der Waals surface area contributed by atoms with Crippen LogP contribution in [0.3, 0.4) is 0 Å². The Kier molecular flexibility index (Phi) is 5.71. The Morgan fingerprint density at radius 3 is 2.36 bits per heavy atom. The highest BCUT2D eigenvalue weighted by atomic mass is 16.5. The van der Waals surface area contributed by atoms with E-state index in [1.165, 1.54) is 11.6 Å². The molecular formula is C26H26N6O4. The molecule has 5 aromatic rings. The number of esters is 1. The lowest BCUT2D eigenvalue weighted by Crippen LogP contribution is -2.41. The first-order chi connectivity index (χ1) is 17.3. The van der Waals surface area contributed by atoms with Crippen LogP contribution in [-0.4, -0.2) is 49.8 Å². The molecule has 36 heavy (non-hydrogen) atoms. The fraction of sp³-hybridized carbons (Fsp3) is 0.231. The van der Waals surface area contributed by atoms with Crippen molar-refractivity contribution in [3.8, 4) is 16.9 Å². The van der Waals surface area contributed by atoms with Crippen LogP contribution in [0.2, 0.25) is 0 Å². The number of rotatable bonds is 6. The van der Waals surface area contributed by atoms with Gasteiger partial charge in [0.15, 0.2) is 11.2 Å². The zero-order valence-electron chi connectivity index (χ0n) is 20.5. The molecule has 0 N–H and O–H groups in total. The monoisotopic (exact) mass is 486 g/mol. The number of hydrogen-bond donors (Lipinski definition) is 0. The van der Waals surface area contributed by atoms with Gasteiger partial charge in [0.25, 0.3) is 5.56 Å². The van der Waals surface area contributed by atoms with Gasteiger partial charge in [0.05, 0.1) is 12.3 Å². The lowest BCUT2D eigenvalue weighted by atomic mass is 10.1. The van der Waals surface area contributed by atoms with Crippen molar-refractivity contribution < 1.29 is 9.53 Å². The Morgan fingerprint density at radius 1 is 1.03 bits per heavy atom. The van der Waals surface area contributed by atoms with Crippen LogP contribution in [0, 0.1) is 0 Å². The van der Waals surface area contributed by atoms with Crippen molar-refractivity contribution in [3.05, 3.63) is 81.6 Å². The van der Waals surface area contributed by atoms with Gasteiger partial charge in [-0.05, 0) is 31.2 Å². The van der Waals surface area contributed by atoms with Crippen molar-refractivity contribution >= 4 is 28.6 Å². The van der Waals surface area contributed by atoms with Crippen LogP contribution in [0.4, 0.5) is 5.69 Å². The van der Waals surface area contributed by atoms with Crippen LogP contribution in [-0.2, 0) is 23.1 Å². The van der Waals surface area contributed by atoms with E-state index in [4.69, 9.17) is 9.72 Å². The molecule has 3 heterocycles. The number of aromatic nitrogens is 5. The predicted octanol–water partition coefficient (Wildman–Crippen LogP) is 2.43. The number of imidazole rings is 2. The third kappa shape index (κ3) is 3.67. The maximum absolute atomic E-state index is 13.5. The quantitative estimate of drug-likeness (QED) is 0.342. The Morgan fingerprint density at radius 2 is 1.72 bits per heavy atom. The zero-order valence-corrected chi connectivity index (χ0v) is 20.5. The first kappa shape index (κ1) is 23.2. The summed E-state index contributed by atoms with van der Waals surface area (Å²) in [6.07, 6.45) is 1.83.